The Balaban J connectivity index is 2.13. The van der Waals surface area contributed by atoms with E-state index in [0.717, 1.165) is 26.0 Å². The molecule has 3 aromatic rings. The summed E-state index contributed by atoms with van der Waals surface area (Å²) in [4.78, 5) is 8.48. The average Bonchev–Trinajstić information content (AvgIpc) is 2.93. The third-order valence-electron chi connectivity index (χ3n) is 2.27. The molecule has 0 radical (unpaired) electrons. The molecule has 0 fully saturated rings. The van der Waals surface area contributed by atoms with E-state index < -0.39 is 0 Å². The second kappa shape index (κ2) is 3.97. The molecule has 1 aromatic carbocycles. The van der Waals surface area contributed by atoms with Gasteiger partial charge < -0.3 is 9.84 Å². The molecule has 86 valence electrons. The highest BCUT2D eigenvalue weighted by Crippen LogP contribution is 2.34. The quantitative estimate of drug-likeness (QED) is 0.772. The maximum atomic E-state index is 9.23. The van der Waals surface area contributed by atoms with Gasteiger partial charge in [-0.05, 0) is 18.2 Å². The zero-order valence-electron chi connectivity index (χ0n) is 8.88. The van der Waals surface area contributed by atoms with Crippen LogP contribution in [0.2, 0.25) is 0 Å². The number of benzene rings is 1. The van der Waals surface area contributed by atoms with Crippen molar-refractivity contribution in [2.45, 2.75) is 0 Å². The first-order valence-electron chi connectivity index (χ1n) is 4.86. The van der Waals surface area contributed by atoms with E-state index in [0.29, 0.717) is 0 Å². The Bertz CT molecular complexity index is 675. The Hall–Kier alpha value is -1.66. The van der Waals surface area contributed by atoms with E-state index in [1.165, 1.54) is 22.7 Å². The van der Waals surface area contributed by atoms with Crippen LogP contribution in [-0.4, -0.2) is 22.2 Å². The molecule has 0 saturated heterocycles. The van der Waals surface area contributed by atoms with E-state index in [2.05, 4.69) is 9.97 Å². The van der Waals surface area contributed by atoms with Crippen LogP contribution in [0.4, 0.5) is 0 Å². The standard InChI is InChI=1S/C11H8N2O2S2/c1-15-6-2-3-7-8(4-6)17-11(12-7)10-13-9(14)5-16-10/h2-5,14H,1H3. The molecule has 0 saturated carbocycles. The number of nitrogens with zero attached hydrogens (tertiary/aromatic N) is 2. The van der Waals surface area contributed by atoms with Gasteiger partial charge in [0.1, 0.15) is 5.75 Å². The number of hydrogen-bond donors (Lipinski definition) is 1. The smallest absolute Gasteiger partial charge is 0.222 e. The van der Waals surface area contributed by atoms with Crippen molar-refractivity contribution in [3.63, 3.8) is 0 Å². The van der Waals surface area contributed by atoms with Crippen molar-refractivity contribution in [3.8, 4) is 21.6 Å². The van der Waals surface area contributed by atoms with Crippen LogP contribution >= 0.6 is 22.7 Å². The zero-order valence-corrected chi connectivity index (χ0v) is 10.5. The summed E-state index contributed by atoms with van der Waals surface area (Å²) in [5, 5.41) is 12.4. The summed E-state index contributed by atoms with van der Waals surface area (Å²) < 4.78 is 6.22. The highest BCUT2D eigenvalue weighted by Gasteiger charge is 2.10. The fourth-order valence-electron chi connectivity index (χ4n) is 1.49. The summed E-state index contributed by atoms with van der Waals surface area (Å²) in [7, 11) is 1.64. The lowest BCUT2D eigenvalue weighted by molar-refractivity contribution is 0.415. The van der Waals surface area contributed by atoms with Crippen LogP contribution < -0.4 is 4.74 Å². The minimum atomic E-state index is 0.0434. The summed E-state index contributed by atoms with van der Waals surface area (Å²) in [5.74, 6) is 0.858. The van der Waals surface area contributed by atoms with Crippen LogP contribution in [0.1, 0.15) is 0 Å². The lowest BCUT2D eigenvalue weighted by atomic mass is 10.3. The van der Waals surface area contributed by atoms with E-state index >= 15 is 0 Å². The molecule has 6 heteroatoms. The fourth-order valence-corrected chi connectivity index (χ4v) is 3.20. The second-order valence-corrected chi connectivity index (χ2v) is 5.25. The van der Waals surface area contributed by atoms with E-state index in [9.17, 15) is 5.11 Å². The predicted molar refractivity (Wildman–Crippen MR) is 68.9 cm³/mol. The zero-order chi connectivity index (χ0) is 11.8. The molecule has 0 atom stereocenters. The molecular formula is C11H8N2O2S2. The van der Waals surface area contributed by atoms with Crippen LogP contribution in [-0.2, 0) is 0 Å². The second-order valence-electron chi connectivity index (χ2n) is 3.36. The Morgan fingerprint density at radius 2 is 2.12 bits per heavy atom. The van der Waals surface area contributed by atoms with Crippen LogP contribution in [0.15, 0.2) is 23.6 Å². The van der Waals surface area contributed by atoms with Crippen molar-refractivity contribution in [2.75, 3.05) is 7.11 Å². The Morgan fingerprint density at radius 1 is 1.24 bits per heavy atom. The first-order valence-corrected chi connectivity index (χ1v) is 6.55. The number of thiazole rings is 2. The summed E-state index contributed by atoms with van der Waals surface area (Å²) in [6, 6.07) is 5.75. The maximum absolute atomic E-state index is 9.23. The van der Waals surface area contributed by atoms with Gasteiger partial charge in [0.05, 0.1) is 22.7 Å². The molecule has 0 amide bonds. The van der Waals surface area contributed by atoms with E-state index in [1.807, 2.05) is 18.2 Å². The average molecular weight is 264 g/mol. The molecule has 0 bridgehead atoms. The van der Waals surface area contributed by atoms with Crippen molar-refractivity contribution in [1.29, 1.82) is 0 Å². The van der Waals surface area contributed by atoms with Gasteiger partial charge in [-0.3, -0.25) is 0 Å². The minimum Gasteiger partial charge on any atom is -0.497 e. The summed E-state index contributed by atoms with van der Waals surface area (Å²) in [5.41, 5.74) is 0.917. The molecule has 0 aliphatic rings. The fraction of sp³-hybridized carbons (Fsp3) is 0.0909. The SMILES string of the molecule is COc1ccc2nc(-c3nc(O)cs3)sc2c1. The number of rotatable bonds is 2. The van der Waals surface area contributed by atoms with Gasteiger partial charge in [-0.2, -0.15) is 4.98 Å². The lowest BCUT2D eigenvalue weighted by Gasteiger charge is -1.96. The van der Waals surface area contributed by atoms with Gasteiger partial charge in [-0.25, -0.2) is 4.98 Å². The normalized spacial score (nSPS) is 10.9. The molecule has 0 unspecified atom stereocenters. The number of ether oxygens (including phenoxy) is 1. The molecule has 2 aromatic heterocycles. The first kappa shape index (κ1) is 10.5. The van der Waals surface area contributed by atoms with Gasteiger partial charge in [-0.15, -0.1) is 22.7 Å². The van der Waals surface area contributed by atoms with Gasteiger partial charge >= 0.3 is 0 Å². The third kappa shape index (κ3) is 1.85. The van der Waals surface area contributed by atoms with E-state index in [-0.39, 0.29) is 5.88 Å². The lowest BCUT2D eigenvalue weighted by Crippen LogP contribution is -1.80. The van der Waals surface area contributed by atoms with Crippen molar-refractivity contribution < 1.29 is 9.84 Å². The molecule has 0 aliphatic heterocycles. The minimum absolute atomic E-state index is 0.0434. The van der Waals surface area contributed by atoms with Crippen molar-refractivity contribution in [3.05, 3.63) is 23.6 Å². The van der Waals surface area contributed by atoms with Crippen LogP contribution in [0.3, 0.4) is 0 Å². The van der Waals surface area contributed by atoms with Gasteiger partial charge in [0.15, 0.2) is 10.0 Å². The summed E-state index contributed by atoms with van der Waals surface area (Å²) >= 11 is 2.92. The number of aromatic nitrogens is 2. The molecule has 3 rings (SSSR count). The maximum Gasteiger partial charge on any atom is 0.222 e. The first-order chi connectivity index (χ1) is 8.26. The summed E-state index contributed by atoms with van der Waals surface area (Å²) in [6.45, 7) is 0. The Morgan fingerprint density at radius 3 is 2.82 bits per heavy atom. The van der Waals surface area contributed by atoms with Crippen LogP contribution in [0.25, 0.3) is 20.2 Å². The Kier molecular flexibility index (Phi) is 2.45. The summed E-state index contributed by atoms with van der Waals surface area (Å²) in [6.07, 6.45) is 0. The number of aromatic hydroxyl groups is 1. The predicted octanol–water partition coefficient (Wildman–Crippen LogP) is 3.13. The monoisotopic (exact) mass is 264 g/mol. The molecule has 4 nitrogen and oxygen atoms in total. The van der Waals surface area contributed by atoms with Gasteiger partial charge in [0, 0.05) is 0 Å². The molecule has 17 heavy (non-hydrogen) atoms. The third-order valence-corrected chi connectivity index (χ3v) is 4.26. The van der Waals surface area contributed by atoms with Crippen LogP contribution in [0, 0.1) is 0 Å². The van der Waals surface area contributed by atoms with Crippen molar-refractivity contribution >= 4 is 32.9 Å². The van der Waals surface area contributed by atoms with E-state index in [4.69, 9.17) is 4.74 Å². The Labute approximate surface area is 105 Å². The molecular weight excluding hydrogens is 256 g/mol. The largest absolute Gasteiger partial charge is 0.497 e. The number of fused-ring (bicyclic) bond motifs is 1. The van der Waals surface area contributed by atoms with Gasteiger partial charge in [0.25, 0.3) is 0 Å². The molecule has 0 aliphatic carbocycles. The highest BCUT2D eigenvalue weighted by molar-refractivity contribution is 7.25. The van der Waals surface area contributed by atoms with E-state index in [1.54, 1.807) is 12.5 Å². The van der Waals surface area contributed by atoms with Gasteiger partial charge in [-0.1, -0.05) is 0 Å². The molecule has 0 spiro atoms. The van der Waals surface area contributed by atoms with Crippen LogP contribution in [0.5, 0.6) is 11.6 Å². The number of hydrogen-bond acceptors (Lipinski definition) is 6. The van der Waals surface area contributed by atoms with Crippen molar-refractivity contribution in [2.24, 2.45) is 0 Å². The topological polar surface area (TPSA) is 55.2 Å². The molecule has 1 N–H and O–H groups in total. The highest BCUT2D eigenvalue weighted by atomic mass is 32.1. The van der Waals surface area contributed by atoms with Gasteiger partial charge in [0.2, 0.25) is 5.88 Å². The van der Waals surface area contributed by atoms with Crippen molar-refractivity contribution in [1.82, 2.24) is 9.97 Å². The number of methoxy groups -OCH3 is 1. The molecule has 2 heterocycles.